The van der Waals surface area contributed by atoms with Crippen molar-refractivity contribution in [2.75, 3.05) is 0 Å². The van der Waals surface area contributed by atoms with E-state index in [0.717, 1.165) is 17.0 Å². The molecule has 1 fully saturated rings. The fourth-order valence-corrected chi connectivity index (χ4v) is 1.72. The Kier molecular flexibility index (Phi) is 5.91. The van der Waals surface area contributed by atoms with Crippen molar-refractivity contribution in [3.63, 3.8) is 0 Å². The van der Waals surface area contributed by atoms with Gasteiger partial charge in [-0.2, -0.15) is 0 Å². The molecule has 0 amide bonds. The molecule has 1 heterocycles. The molecule has 4 N–H and O–H groups in total. The summed E-state index contributed by atoms with van der Waals surface area (Å²) in [6.45, 7) is 14.9. The van der Waals surface area contributed by atoms with E-state index in [-0.39, 0.29) is 6.17 Å². The van der Waals surface area contributed by atoms with Crippen LogP contribution in [-0.4, -0.2) is 6.17 Å². The van der Waals surface area contributed by atoms with Gasteiger partial charge in [-0.25, -0.2) is 0 Å². The summed E-state index contributed by atoms with van der Waals surface area (Å²) in [6, 6.07) is 0. The lowest BCUT2D eigenvalue weighted by atomic mass is 10.2. The van der Waals surface area contributed by atoms with Crippen molar-refractivity contribution in [1.29, 1.82) is 0 Å². The lowest BCUT2D eigenvalue weighted by Gasteiger charge is -2.12. The maximum atomic E-state index is 5.70. The zero-order valence-electron chi connectivity index (χ0n) is 11.6. The van der Waals surface area contributed by atoms with Crippen LogP contribution in [-0.2, 0) is 0 Å². The van der Waals surface area contributed by atoms with Crippen LogP contribution in [0.4, 0.5) is 0 Å². The highest BCUT2D eigenvalue weighted by Gasteiger charge is 2.22. The highest BCUT2D eigenvalue weighted by Crippen LogP contribution is 2.18. The highest BCUT2D eigenvalue weighted by atomic mass is 15.2. The second-order valence-corrected chi connectivity index (χ2v) is 4.10. The SMILES string of the molecule is C=C/C=C1/NC(/C(C=C)=C/C=C(/N)C=C)N/C1=C/C=C. The van der Waals surface area contributed by atoms with Crippen LogP contribution in [0.3, 0.4) is 0 Å². The molecule has 104 valence electrons. The zero-order valence-corrected chi connectivity index (χ0v) is 11.6. The molecular formula is C17H21N3. The normalized spacial score (nSPS) is 20.4. The largest absolute Gasteiger partial charge is 0.399 e. The molecule has 0 aromatic carbocycles. The molecule has 0 bridgehead atoms. The summed E-state index contributed by atoms with van der Waals surface area (Å²) in [5, 5.41) is 6.69. The summed E-state index contributed by atoms with van der Waals surface area (Å²) < 4.78 is 0. The Morgan fingerprint density at radius 3 is 1.85 bits per heavy atom. The summed E-state index contributed by atoms with van der Waals surface area (Å²) in [5.74, 6) is 0. The molecule has 20 heavy (non-hydrogen) atoms. The van der Waals surface area contributed by atoms with Gasteiger partial charge in [0.2, 0.25) is 0 Å². The Balaban J connectivity index is 3.03. The topological polar surface area (TPSA) is 50.1 Å². The molecule has 0 radical (unpaired) electrons. The highest BCUT2D eigenvalue weighted by molar-refractivity contribution is 5.43. The summed E-state index contributed by atoms with van der Waals surface area (Å²) in [7, 11) is 0. The number of hydrogen-bond acceptors (Lipinski definition) is 3. The van der Waals surface area contributed by atoms with Crippen LogP contribution in [0.5, 0.6) is 0 Å². The fourth-order valence-electron chi connectivity index (χ4n) is 1.72. The van der Waals surface area contributed by atoms with E-state index in [9.17, 15) is 0 Å². The average molecular weight is 267 g/mol. The summed E-state index contributed by atoms with van der Waals surface area (Å²) in [5.41, 5.74) is 9.18. The smallest absolute Gasteiger partial charge is 0.123 e. The van der Waals surface area contributed by atoms with Crippen molar-refractivity contribution < 1.29 is 0 Å². The van der Waals surface area contributed by atoms with Crippen molar-refractivity contribution in [1.82, 2.24) is 10.6 Å². The Morgan fingerprint density at radius 1 is 0.900 bits per heavy atom. The predicted molar refractivity (Wildman–Crippen MR) is 87.4 cm³/mol. The lowest BCUT2D eigenvalue weighted by molar-refractivity contribution is 0.668. The van der Waals surface area contributed by atoms with Crippen molar-refractivity contribution in [3.05, 3.63) is 97.6 Å². The van der Waals surface area contributed by atoms with Crippen LogP contribution in [0.25, 0.3) is 0 Å². The van der Waals surface area contributed by atoms with Crippen molar-refractivity contribution in [2.24, 2.45) is 5.73 Å². The summed E-state index contributed by atoms with van der Waals surface area (Å²) >= 11 is 0. The molecule has 1 rings (SSSR count). The number of hydrogen-bond donors (Lipinski definition) is 3. The molecule has 1 saturated heterocycles. The van der Waals surface area contributed by atoms with Gasteiger partial charge in [0.1, 0.15) is 6.17 Å². The Labute approximate surface area is 120 Å². The van der Waals surface area contributed by atoms with Crippen LogP contribution < -0.4 is 16.4 Å². The Morgan fingerprint density at radius 2 is 1.45 bits per heavy atom. The standard InChI is InChI=1S/C17H21N3/c1-5-9-15-16(10-6-2)20-17(19-15)13(7-3)11-12-14(18)8-4/h5-12,17,19-20H,1-4,18H2/b13-11+,14-12+,15-9+,16-10+. The van der Waals surface area contributed by atoms with Gasteiger partial charge in [-0.3, -0.25) is 0 Å². The molecule has 0 aromatic rings. The van der Waals surface area contributed by atoms with E-state index >= 15 is 0 Å². The quantitative estimate of drug-likeness (QED) is 0.649. The molecule has 0 atom stereocenters. The Hall–Kier alpha value is -2.68. The van der Waals surface area contributed by atoms with Gasteiger partial charge in [0.25, 0.3) is 0 Å². The van der Waals surface area contributed by atoms with Crippen LogP contribution in [0.1, 0.15) is 0 Å². The van der Waals surface area contributed by atoms with Gasteiger partial charge in [0, 0.05) is 5.70 Å². The number of rotatable bonds is 6. The zero-order chi connectivity index (χ0) is 15.0. The van der Waals surface area contributed by atoms with E-state index < -0.39 is 0 Å². The molecule has 0 saturated carbocycles. The number of allylic oxidation sites excluding steroid dienone is 7. The fraction of sp³-hybridized carbons (Fsp3) is 0.0588. The maximum absolute atomic E-state index is 5.70. The number of nitrogens with one attached hydrogen (secondary N) is 2. The second-order valence-electron chi connectivity index (χ2n) is 4.10. The predicted octanol–water partition coefficient (Wildman–Crippen LogP) is 2.79. The van der Waals surface area contributed by atoms with Gasteiger partial charge < -0.3 is 16.4 Å². The molecule has 0 spiro atoms. The third kappa shape index (κ3) is 3.92. The van der Waals surface area contributed by atoms with Crippen LogP contribution in [0, 0.1) is 0 Å². The van der Waals surface area contributed by atoms with Gasteiger partial charge in [0.05, 0.1) is 11.4 Å². The Bertz CT molecular complexity index is 504. The van der Waals surface area contributed by atoms with Gasteiger partial charge in [0.15, 0.2) is 0 Å². The molecule has 1 aliphatic rings. The monoisotopic (exact) mass is 267 g/mol. The molecule has 0 aliphatic carbocycles. The van der Waals surface area contributed by atoms with E-state index in [0.29, 0.717) is 5.70 Å². The minimum Gasteiger partial charge on any atom is -0.399 e. The van der Waals surface area contributed by atoms with Gasteiger partial charge in [-0.05, 0) is 29.9 Å². The summed E-state index contributed by atoms with van der Waals surface area (Å²) in [6.07, 6.45) is 14.3. The van der Waals surface area contributed by atoms with E-state index in [1.807, 2.05) is 18.2 Å². The third-order valence-electron chi connectivity index (χ3n) is 2.73. The van der Waals surface area contributed by atoms with Crippen LogP contribution >= 0.6 is 0 Å². The molecule has 0 aromatic heterocycles. The van der Waals surface area contributed by atoms with Crippen molar-refractivity contribution in [2.45, 2.75) is 6.17 Å². The van der Waals surface area contributed by atoms with Crippen molar-refractivity contribution >= 4 is 0 Å². The molecule has 3 nitrogen and oxygen atoms in total. The van der Waals surface area contributed by atoms with Crippen LogP contribution in [0.15, 0.2) is 97.6 Å². The second kappa shape index (κ2) is 7.69. The summed E-state index contributed by atoms with van der Waals surface area (Å²) in [4.78, 5) is 0. The first kappa shape index (κ1) is 15.4. The van der Waals surface area contributed by atoms with E-state index in [2.05, 4.69) is 36.9 Å². The van der Waals surface area contributed by atoms with Crippen molar-refractivity contribution in [3.8, 4) is 0 Å². The molecule has 1 aliphatic heterocycles. The lowest BCUT2D eigenvalue weighted by Crippen LogP contribution is -2.31. The van der Waals surface area contributed by atoms with Gasteiger partial charge in [-0.1, -0.05) is 50.6 Å². The first-order chi connectivity index (χ1) is 9.65. The first-order valence-electron chi connectivity index (χ1n) is 6.27. The van der Waals surface area contributed by atoms with Gasteiger partial charge in [-0.15, -0.1) is 0 Å². The molecule has 0 unspecified atom stereocenters. The molecular weight excluding hydrogens is 246 g/mol. The molecule has 3 heteroatoms. The minimum atomic E-state index is -0.0706. The first-order valence-corrected chi connectivity index (χ1v) is 6.27. The van der Waals surface area contributed by atoms with E-state index in [1.165, 1.54) is 0 Å². The number of nitrogens with two attached hydrogens (primary N) is 1. The van der Waals surface area contributed by atoms with E-state index in [4.69, 9.17) is 5.73 Å². The minimum absolute atomic E-state index is 0.0706. The van der Waals surface area contributed by atoms with Gasteiger partial charge >= 0.3 is 0 Å². The average Bonchev–Trinajstić information content (AvgIpc) is 2.83. The van der Waals surface area contributed by atoms with Crippen LogP contribution in [0.2, 0.25) is 0 Å². The third-order valence-corrected chi connectivity index (χ3v) is 2.73. The maximum Gasteiger partial charge on any atom is 0.123 e. The van der Waals surface area contributed by atoms with E-state index in [1.54, 1.807) is 30.4 Å².